The van der Waals surface area contributed by atoms with Crippen LogP contribution in [0.25, 0.3) is 21.7 Å². The number of aromatic amines is 1. The molecule has 0 atom stereocenters. The van der Waals surface area contributed by atoms with Gasteiger partial charge >= 0.3 is 0 Å². The van der Waals surface area contributed by atoms with Crippen molar-refractivity contribution in [1.82, 2.24) is 19.7 Å². The number of carbonyl (C=O) groups is 3. The van der Waals surface area contributed by atoms with Crippen LogP contribution in [0.5, 0.6) is 0 Å². The van der Waals surface area contributed by atoms with Crippen LogP contribution in [0.15, 0.2) is 72.8 Å². The summed E-state index contributed by atoms with van der Waals surface area (Å²) in [7, 11) is 0. The maximum Gasteiger partial charge on any atom is 0.270 e. The molecule has 6 rings (SSSR count). The maximum atomic E-state index is 13.3. The summed E-state index contributed by atoms with van der Waals surface area (Å²) in [6, 6.07) is 23.5. The van der Waals surface area contributed by atoms with Gasteiger partial charge in [0, 0.05) is 61.7 Å². The summed E-state index contributed by atoms with van der Waals surface area (Å²) in [4.78, 5) is 48.3. The molecule has 2 aliphatic heterocycles. The number of nitrogens with one attached hydrogen (secondary N) is 1. The van der Waals surface area contributed by atoms with Crippen LogP contribution in [0.3, 0.4) is 0 Å². The molecule has 3 heterocycles. The van der Waals surface area contributed by atoms with Crippen LogP contribution < -0.4 is 0 Å². The van der Waals surface area contributed by atoms with Gasteiger partial charge in [0.25, 0.3) is 11.8 Å². The van der Waals surface area contributed by atoms with Crippen LogP contribution in [0.1, 0.15) is 33.7 Å². The van der Waals surface area contributed by atoms with Gasteiger partial charge in [0.05, 0.1) is 0 Å². The molecule has 0 radical (unpaired) electrons. The van der Waals surface area contributed by atoms with E-state index in [0.717, 1.165) is 27.2 Å². The molecular formula is C30H30N4O3. The van der Waals surface area contributed by atoms with Crippen LogP contribution in [-0.2, 0) is 4.79 Å². The third kappa shape index (κ3) is 4.46. The number of carbonyl (C=O) groups excluding carboxylic acids is 3. The smallest absolute Gasteiger partial charge is 0.270 e. The third-order valence-electron chi connectivity index (χ3n) is 7.79. The lowest BCUT2D eigenvalue weighted by Gasteiger charge is -2.38. The average Bonchev–Trinajstić information content (AvgIpc) is 3.40. The molecule has 188 valence electrons. The summed E-state index contributed by atoms with van der Waals surface area (Å²) in [6.07, 6.45) is 1.34. The first-order chi connectivity index (χ1) is 18.1. The molecular weight excluding hydrogens is 464 g/mol. The fourth-order valence-corrected chi connectivity index (χ4v) is 5.66. The predicted octanol–water partition coefficient (Wildman–Crippen LogP) is 4.16. The number of rotatable bonds is 3. The van der Waals surface area contributed by atoms with E-state index < -0.39 is 0 Å². The van der Waals surface area contributed by atoms with E-state index in [-0.39, 0.29) is 23.6 Å². The highest BCUT2D eigenvalue weighted by molar-refractivity contribution is 6.07. The third-order valence-corrected chi connectivity index (χ3v) is 7.79. The normalized spacial score (nSPS) is 16.9. The van der Waals surface area contributed by atoms with Gasteiger partial charge in [0.1, 0.15) is 5.69 Å². The van der Waals surface area contributed by atoms with E-state index in [4.69, 9.17) is 0 Å². The Hall–Kier alpha value is -4.13. The molecule has 1 N–H and O–H groups in total. The summed E-state index contributed by atoms with van der Waals surface area (Å²) in [5, 5.41) is 3.04. The first-order valence-electron chi connectivity index (χ1n) is 13.0. The zero-order valence-electron chi connectivity index (χ0n) is 20.7. The Balaban J connectivity index is 1.03. The van der Waals surface area contributed by atoms with Gasteiger partial charge in [0.15, 0.2) is 0 Å². The summed E-state index contributed by atoms with van der Waals surface area (Å²) in [5.74, 6) is 0.0813. The summed E-state index contributed by atoms with van der Waals surface area (Å²) >= 11 is 0. The monoisotopic (exact) mass is 494 g/mol. The average molecular weight is 495 g/mol. The Morgan fingerprint density at radius 2 is 1.27 bits per heavy atom. The number of hydrogen-bond acceptors (Lipinski definition) is 3. The number of likely N-dealkylation sites (tertiary alicyclic amines) is 1. The van der Waals surface area contributed by atoms with Crippen molar-refractivity contribution in [2.75, 3.05) is 39.3 Å². The van der Waals surface area contributed by atoms with Gasteiger partial charge in [-0.3, -0.25) is 14.4 Å². The minimum Gasteiger partial charge on any atom is -0.351 e. The molecule has 3 amide bonds. The van der Waals surface area contributed by atoms with Crippen molar-refractivity contribution in [3.8, 4) is 0 Å². The number of para-hydroxylation sites is 1. The van der Waals surface area contributed by atoms with Crippen molar-refractivity contribution >= 4 is 39.4 Å². The number of H-pyrrole nitrogens is 1. The van der Waals surface area contributed by atoms with Crippen LogP contribution in [0.4, 0.5) is 0 Å². The Morgan fingerprint density at radius 3 is 2.03 bits per heavy atom. The van der Waals surface area contributed by atoms with Crippen molar-refractivity contribution < 1.29 is 14.4 Å². The molecule has 1 aromatic heterocycles. The topological polar surface area (TPSA) is 76.7 Å². The molecule has 3 aromatic carbocycles. The van der Waals surface area contributed by atoms with Gasteiger partial charge < -0.3 is 19.7 Å². The summed E-state index contributed by atoms with van der Waals surface area (Å²) in [6.45, 7) is 3.30. The van der Waals surface area contributed by atoms with Crippen LogP contribution >= 0.6 is 0 Å². The molecule has 0 spiro atoms. The molecule has 0 bridgehead atoms. The number of hydrogen-bond donors (Lipinski definition) is 1. The number of amides is 3. The van der Waals surface area contributed by atoms with Gasteiger partial charge in [-0.1, -0.05) is 54.6 Å². The Labute approximate surface area is 215 Å². The number of piperazine rings is 1. The Morgan fingerprint density at radius 1 is 0.649 bits per heavy atom. The van der Waals surface area contributed by atoms with Gasteiger partial charge in [-0.2, -0.15) is 0 Å². The lowest BCUT2D eigenvalue weighted by atomic mass is 9.94. The number of fused-ring (bicyclic) bond motifs is 2. The van der Waals surface area contributed by atoms with E-state index in [1.54, 1.807) is 0 Å². The number of piperidine rings is 1. The quantitative estimate of drug-likeness (QED) is 0.465. The number of nitrogens with zero attached hydrogens (tertiary/aromatic N) is 3. The molecule has 0 aliphatic carbocycles. The minimum atomic E-state index is -0.0764. The number of aromatic nitrogens is 1. The molecule has 0 saturated carbocycles. The second-order valence-electron chi connectivity index (χ2n) is 9.98. The fourth-order valence-electron chi connectivity index (χ4n) is 5.66. The Kier molecular flexibility index (Phi) is 6.12. The van der Waals surface area contributed by atoms with Crippen molar-refractivity contribution in [1.29, 1.82) is 0 Å². The van der Waals surface area contributed by atoms with Crippen molar-refractivity contribution in [3.63, 3.8) is 0 Å². The van der Waals surface area contributed by atoms with Crippen LogP contribution in [0, 0.1) is 5.92 Å². The van der Waals surface area contributed by atoms with Gasteiger partial charge in [-0.15, -0.1) is 0 Å². The first-order valence-corrected chi connectivity index (χ1v) is 13.0. The minimum absolute atomic E-state index is 0.0245. The fraction of sp³-hybridized carbons (Fsp3) is 0.300. The lowest BCUT2D eigenvalue weighted by molar-refractivity contribution is -0.138. The molecule has 2 fully saturated rings. The zero-order chi connectivity index (χ0) is 25.4. The van der Waals surface area contributed by atoms with E-state index in [1.807, 2.05) is 87.5 Å². The van der Waals surface area contributed by atoms with E-state index in [0.29, 0.717) is 57.8 Å². The standard InChI is InChI=1S/C30H30N4O3/c35-28(33-16-18-34(19-17-33)30(37)27-20-23-7-2-4-11-26(23)31-27)22-12-14-32(15-13-22)29(36)25-10-5-8-21-6-1-3-9-24(21)25/h1-11,20,22,31H,12-19H2. The molecule has 0 unspecified atom stereocenters. The number of benzene rings is 3. The van der Waals surface area contributed by atoms with Gasteiger partial charge in [-0.05, 0) is 41.8 Å². The maximum absolute atomic E-state index is 13.3. The molecule has 2 aliphatic rings. The van der Waals surface area contributed by atoms with Crippen LogP contribution in [-0.4, -0.2) is 76.7 Å². The van der Waals surface area contributed by atoms with E-state index in [1.165, 1.54) is 0 Å². The van der Waals surface area contributed by atoms with Crippen molar-refractivity contribution in [3.05, 3.63) is 84.1 Å². The molecule has 7 heteroatoms. The van der Waals surface area contributed by atoms with Crippen molar-refractivity contribution in [2.24, 2.45) is 5.92 Å². The SMILES string of the molecule is O=C(c1cc2ccccc2[nH]1)N1CCN(C(=O)C2CCN(C(=O)c3cccc4ccccc34)CC2)CC1. The summed E-state index contributed by atoms with van der Waals surface area (Å²) < 4.78 is 0. The molecule has 2 saturated heterocycles. The highest BCUT2D eigenvalue weighted by atomic mass is 16.2. The van der Waals surface area contributed by atoms with E-state index in [2.05, 4.69) is 4.98 Å². The zero-order valence-corrected chi connectivity index (χ0v) is 20.7. The van der Waals surface area contributed by atoms with Gasteiger partial charge in [-0.25, -0.2) is 0 Å². The molecule has 4 aromatic rings. The van der Waals surface area contributed by atoms with E-state index in [9.17, 15) is 14.4 Å². The van der Waals surface area contributed by atoms with E-state index >= 15 is 0 Å². The largest absolute Gasteiger partial charge is 0.351 e. The highest BCUT2D eigenvalue weighted by Gasteiger charge is 2.33. The second-order valence-corrected chi connectivity index (χ2v) is 9.98. The van der Waals surface area contributed by atoms with Gasteiger partial charge in [0.2, 0.25) is 5.91 Å². The van der Waals surface area contributed by atoms with Crippen LogP contribution in [0.2, 0.25) is 0 Å². The summed E-state index contributed by atoms with van der Waals surface area (Å²) in [5.41, 5.74) is 2.26. The second kappa shape index (κ2) is 9.73. The highest BCUT2D eigenvalue weighted by Crippen LogP contribution is 2.25. The predicted molar refractivity (Wildman–Crippen MR) is 143 cm³/mol. The molecule has 7 nitrogen and oxygen atoms in total. The first kappa shape index (κ1) is 23.3. The lowest BCUT2D eigenvalue weighted by Crippen LogP contribution is -2.53. The molecule has 37 heavy (non-hydrogen) atoms. The van der Waals surface area contributed by atoms with Crippen molar-refractivity contribution in [2.45, 2.75) is 12.8 Å². The Bertz CT molecular complexity index is 1440.